The number of carbonyl (C=O) groups excluding carboxylic acids is 1. The largest absolute Gasteiger partial charge is 0.322 e. The monoisotopic (exact) mass is 661 g/mol. The second-order valence-corrected chi connectivity index (χ2v) is 12.2. The maximum atomic E-state index is 13.2. The minimum absolute atomic E-state index is 0.159. The van der Waals surface area contributed by atoms with E-state index in [1.165, 1.54) is 0 Å². The van der Waals surface area contributed by atoms with Crippen LogP contribution in [-0.2, 0) is 0 Å². The smallest absolute Gasteiger partial charge is 0.255 e. The molecule has 0 unspecified atom stereocenters. The molecule has 242 valence electrons. The third-order valence-electron chi connectivity index (χ3n) is 8.92. The molecule has 1 amide bonds. The molecule has 8 rings (SSSR count). The fourth-order valence-electron chi connectivity index (χ4n) is 6.10. The van der Waals surface area contributed by atoms with Gasteiger partial charge in [-0.2, -0.15) is 18.3 Å². The van der Waals surface area contributed by atoms with Gasteiger partial charge in [-0.25, -0.2) is 0 Å². The van der Waals surface area contributed by atoms with E-state index in [0.717, 1.165) is 50.7 Å². The molecule has 0 aliphatic heterocycles. The van der Waals surface area contributed by atoms with Crippen molar-refractivity contribution in [1.82, 2.24) is 0 Å². The SMILES string of the molecule is O=C(Nc1cccc(-[n+]2ccc(-c3cc[n+](-c4ccccc4)cc3)cc2)c1)c1ccc(-[n+]2ccc(-c3cc[n+](-c4ccccc4)cc3)cc2)cc1. The van der Waals surface area contributed by atoms with E-state index in [1.807, 2.05) is 119 Å². The number of amides is 1. The number of nitrogens with zero attached hydrogens (tertiary/aromatic N) is 4. The van der Waals surface area contributed by atoms with Crippen LogP contribution in [0, 0.1) is 0 Å². The quantitative estimate of drug-likeness (QED) is 0.170. The van der Waals surface area contributed by atoms with Gasteiger partial charge in [-0.3, -0.25) is 4.79 Å². The van der Waals surface area contributed by atoms with Gasteiger partial charge < -0.3 is 5.32 Å². The van der Waals surface area contributed by atoms with Gasteiger partial charge in [-0.15, -0.1) is 0 Å². The Bertz CT molecular complexity index is 2390. The van der Waals surface area contributed by atoms with E-state index < -0.39 is 0 Å². The number of hydrogen-bond donors (Lipinski definition) is 1. The number of hydrogen-bond acceptors (Lipinski definition) is 1. The van der Waals surface area contributed by atoms with Crippen LogP contribution in [0.25, 0.3) is 45.0 Å². The van der Waals surface area contributed by atoms with E-state index in [4.69, 9.17) is 0 Å². The predicted molar refractivity (Wildman–Crippen MR) is 198 cm³/mol. The van der Waals surface area contributed by atoms with Crippen LogP contribution in [0.4, 0.5) is 5.69 Å². The summed E-state index contributed by atoms with van der Waals surface area (Å²) in [5.74, 6) is -0.159. The number of aromatic nitrogens is 4. The third kappa shape index (κ3) is 7.07. The average molecular weight is 662 g/mol. The highest BCUT2D eigenvalue weighted by Gasteiger charge is 2.14. The van der Waals surface area contributed by atoms with Gasteiger partial charge in [0.1, 0.15) is 0 Å². The molecule has 4 heterocycles. The summed E-state index contributed by atoms with van der Waals surface area (Å²) in [6.45, 7) is 0. The van der Waals surface area contributed by atoms with Crippen LogP contribution in [0.5, 0.6) is 0 Å². The van der Waals surface area contributed by atoms with Gasteiger partial charge in [0.15, 0.2) is 49.6 Å². The molecule has 6 nitrogen and oxygen atoms in total. The summed E-state index contributed by atoms with van der Waals surface area (Å²) in [7, 11) is 0. The van der Waals surface area contributed by atoms with Gasteiger partial charge >= 0.3 is 0 Å². The van der Waals surface area contributed by atoms with Crippen LogP contribution in [-0.4, -0.2) is 5.91 Å². The molecule has 0 saturated carbocycles. The first-order chi connectivity index (χ1) is 25.2. The van der Waals surface area contributed by atoms with E-state index in [2.05, 4.69) is 112 Å². The molecular formula is C45H35N5O+4. The number of nitrogens with one attached hydrogen (secondary N) is 1. The molecule has 0 radical (unpaired) electrons. The lowest BCUT2D eigenvalue weighted by Gasteiger charge is -2.06. The van der Waals surface area contributed by atoms with Crippen molar-refractivity contribution in [1.29, 1.82) is 0 Å². The molecule has 0 spiro atoms. The lowest BCUT2D eigenvalue weighted by Crippen LogP contribution is -2.30. The zero-order valence-electron chi connectivity index (χ0n) is 27.8. The van der Waals surface area contributed by atoms with Gasteiger partial charge in [0.25, 0.3) is 5.91 Å². The number of pyridine rings is 4. The highest BCUT2D eigenvalue weighted by molar-refractivity contribution is 6.04. The molecule has 1 N–H and O–H groups in total. The molecule has 0 fully saturated rings. The van der Waals surface area contributed by atoms with Crippen molar-refractivity contribution in [2.24, 2.45) is 0 Å². The molecular weight excluding hydrogens is 627 g/mol. The van der Waals surface area contributed by atoms with Crippen LogP contribution in [0.1, 0.15) is 10.4 Å². The van der Waals surface area contributed by atoms with Crippen molar-refractivity contribution in [3.8, 4) is 45.0 Å². The molecule has 51 heavy (non-hydrogen) atoms. The highest BCUT2D eigenvalue weighted by atomic mass is 16.1. The maximum absolute atomic E-state index is 13.2. The first kappa shape index (κ1) is 31.2. The number of para-hydroxylation sites is 2. The van der Waals surface area contributed by atoms with Crippen molar-refractivity contribution in [2.75, 3.05) is 5.32 Å². The second kappa shape index (κ2) is 14.2. The molecule has 4 aromatic carbocycles. The Kier molecular flexibility index (Phi) is 8.70. The summed E-state index contributed by atoms with van der Waals surface area (Å²) >= 11 is 0. The standard InChI is InChI=1S/C45H34N5O/c51-45(39-14-16-43(17-15-39)49-30-22-37(23-31-49)35-18-26-47(27-19-35)41-9-3-1-4-10-41)46-40-8-7-13-44(34-40)50-32-24-38(25-33-50)36-20-28-48(29-21-36)42-11-5-2-6-12-42/h1-34H/q+3/p+1. The summed E-state index contributed by atoms with van der Waals surface area (Å²) in [6.07, 6.45) is 16.5. The average Bonchev–Trinajstić information content (AvgIpc) is 3.22. The Morgan fingerprint density at radius 3 is 1.12 bits per heavy atom. The van der Waals surface area contributed by atoms with Crippen LogP contribution >= 0.6 is 0 Å². The molecule has 8 aromatic rings. The van der Waals surface area contributed by atoms with Gasteiger partial charge in [0.2, 0.25) is 22.7 Å². The van der Waals surface area contributed by atoms with Crippen LogP contribution in [0.15, 0.2) is 207 Å². The number of anilines is 1. The Hall–Kier alpha value is -7.05. The number of benzene rings is 4. The maximum Gasteiger partial charge on any atom is 0.255 e. The van der Waals surface area contributed by atoms with E-state index >= 15 is 0 Å². The molecule has 6 heteroatoms. The normalized spacial score (nSPS) is 10.8. The lowest BCUT2D eigenvalue weighted by molar-refractivity contribution is -0.596. The van der Waals surface area contributed by atoms with Gasteiger partial charge in [0, 0.05) is 108 Å². The zero-order chi connectivity index (χ0) is 34.4. The first-order valence-corrected chi connectivity index (χ1v) is 16.9. The minimum atomic E-state index is -0.159. The fraction of sp³-hybridized carbons (Fsp3) is 0. The van der Waals surface area contributed by atoms with Crippen LogP contribution in [0.2, 0.25) is 0 Å². The van der Waals surface area contributed by atoms with Crippen molar-refractivity contribution in [3.05, 3.63) is 213 Å². The molecule has 4 aromatic heterocycles. The summed E-state index contributed by atoms with van der Waals surface area (Å²) in [5.41, 5.74) is 10.0. The minimum Gasteiger partial charge on any atom is -0.322 e. The molecule has 0 aliphatic carbocycles. The molecule has 0 saturated heterocycles. The first-order valence-electron chi connectivity index (χ1n) is 16.9. The van der Waals surface area contributed by atoms with E-state index in [0.29, 0.717) is 5.56 Å². The zero-order valence-corrected chi connectivity index (χ0v) is 27.8. The van der Waals surface area contributed by atoms with Crippen molar-refractivity contribution in [3.63, 3.8) is 0 Å². The van der Waals surface area contributed by atoms with Gasteiger partial charge in [0.05, 0.1) is 0 Å². The van der Waals surface area contributed by atoms with Crippen molar-refractivity contribution in [2.45, 2.75) is 0 Å². The summed E-state index contributed by atoms with van der Waals surface area (Å²) < 4.78 is 8.29. The van der Waals surface area contributed by atoms with Gasteiger partial charge in [-0.05, 0) is 40.5 Å². The molecule has 0 atom stereocenters. The Morgan fingerprint density at radius 1 is 0.353 bits per heavy atom. The summed E-state index contributed by atoms with van der Waals surface area (Å²) in [4.78, 5) is 13.2. The lowest BCUT2D eigenvalue weighted by atomic mass is 10.1. The van der Waals surface area contributed by atoms with E-state index in [9.17, 15) is 4.79 Å². The van der Waals surface area contributed by atoms with Crippen LogP contribution < -0.4 is 23.6 Å². The fourth-order valence-corrected chi connectivity index (χ4v) is 6.10. The Labute approximate surface area is 297 Å². The number of rotatable bonds is 8. The summed E-state index contributed by atoms with van der Waals surface area (Å²) in [5, 5.41) is 3.06. The third-order valence-corrected chi connectivity index (χ3v) is 8.92. The molecule has 0 aliphatic rings. The predicted octanol–water partition coefficient (Wildman–Crippen LogP) is 7.38. The van der Waals surface area contributed by atoms with E-state index in [1.54, 1.807) is 0 Å². The summed E-state index contributed by atoms with van der Waals surface area (Å²) in [6, 6.07) is 52.9. The van der Waals surface area contributed by atoms with E-state index in [-0.39, 0.29) is 5.91 Å². The van der Waals surface area contributed by atoms with Crippen LogP contribution in [0.3, 0.4) is 0 Å². The van der Waals surface area contributed by atoms with Gasteiger partial charge in [-0.1, -0.05) is 42.5 Å². The Morgan fingerprint density at radius 2 is 0.706 bits per heavy atom. The van der Waals surface area contributed by atoms with Crippen molar-refractivity contribution >= 4 is 11.6 Å². The highest BCUT2D eigenvalue weighted by Crippen LogP contribution is 2.19. The molecule has 0 bridgehead atoms. The van der Waals surface area contributed by atoms with Crippen molar-refractivity contribution < 1.29 is 23.1 Å². The number of carbonyl (C=O) groups is 1. The Balaban J connectivity index is 0.902. The second-order valence-electron chi connectivity index (χ2n) is 12.2. The topological polar surface area (TPSA) is 44.6 Å².